The van der Waals surface area contributed by atoms with Crippen molar-refractivity contribution in [2.75, 3.05) is 5.32 Å². The number of anilines is 1. The normalized spacial score (nSPS) is 31.1. The summed E-state index contributed by atoms with van der Waals surface area (Å²) in [6, 6.07) is 12.1. The summed E-state index contributed by atoms with van der Waals surface area (Å²) in [6.45, 7) is 0. The summed E-state index contributed by atoms with van der Waals surface area (Å²) in [7, 11) is 0. The Balaban J connectivity index is 1.47. The molecule has 8 heteroatoms. The average molecular weight is 369 g/mol. The second-order valence-electron chi connectivity index (χ2n) is 7.28. The molecule has 2 amide bonds. The number of carbonyl (C=O) groups is 3. The van der Waals surface area contributed by atoms with Gasteiger partial charge in [0.2, 0.25) is 0 Å². The van der Waals surface area contributed by atoms with Gasteiger partial charge in [-0.15, -0.1) is 0 Å². The van der Waals surface area contributed by atoms with Crippen LogP contribution in [0.15, 0.2) is 42.5 Å². The third-order valence-corrected chi connectivity index (χ3v) is 5.70. The number of benzene rings is 2. The summed E-state index contributed by atoms with van der Waals surface area (Å²) in [5.74, 6) is -4.29. The highest BCUT2D eigenvalue weighted by atomic mass is 16.4. The smallest absolute Gasteiger partial charge is 0.324 e. The third kappa shape index (κ3) is 2.78. The van der Waals surface area contributed by atoms with E-state index < -0.39 is 47.3 Å². The number of carboxylic acid groups (broad SMARTS) is 2. The molecule has 2 fully saturated rings. The molecule has 0 radical (unpaired) electrons. The van der Waals surface area contributed by atoms with Crippen LogP contribution >= 0.6 is 0 Å². The first-order valence-corrected chi connectivity index (χ1v) is 8.62. The number of fused-ring (bicyclic) bond motifs is 2. The Morgan fingerprint density at radius 3 is 2.44 bits per heavy atom. The molecule has 4 rings (SSSR count). The van der Waals surface area contributed by atoms with E-state index in [0.29, 0.717) is 5.69 Å². The van der Waals surface area contributed by atoms with Crippen molar-refractivity contribution in [2.45, 2.75) is 18.0 Å². The van der Waals surface area contributed by atoms with Crippen LogP contribution in [-0.4, -0.2) is 39.8 Å². The Kier molecular flexibility index (Phi) is 3.81. The molecule has 140 valence electrons. The fraction of sp³-hybridized carbons (Fsp3) is 0.316. The van der Waals surface area contributed by atoms with Crippen molar-refractivity contribution in [1.82, 2.24) is 5.32 Å². The second kappa shape index (κ2) is 5.95. The summed E-state index contributed by atoms with van der Waals surface area (Å²) in [6.07, 6.45) is 0.00653. The van der Waals surface area contributed by atoms with Gasteiger partial charge in [0.05, 0.1) is 5.92 Å². The van der Waals surface area contributed by atoms with E-state index >= 15 is 0 Å². The van der Waals surface area contributed by atoms with Gasteiger partial charge in [0.25, 0.3) is 0 Å². The van der Waals surface area contributed by atoms with E-state index in [4.69, 9.17) is 5.73 Å². The Morgan fingerprint density at radius 1 is 1.07 bits per heavy atom. The highest BCUT2D eigenvalue weighted by Gasteiger charge is 2.74. The van der Waals surface area contributed by atoms with Crippen LogP contribution in [0, 0.1) is 17.8 Å². The van der Waals surface area contributed by atoms with Crippen molar-refractivity contribution in [3.8, 4) is 0 Å². The highest BCUT2D eigenvalue weighted by Crippen LogP contribution is 2.61. The van der Waals surface area contributed by atoms with Crippen LogP contribution in [0.4, 0.5) is 10.5 Å². The number of nitrogens with two attached hydrogens (primary N) is 1. The maximum Gasteiger partial charge on any atom is 0.324 e. The maximum absolute atomic E-state index is 12.4. The molecule has 0 aromatic heterocycles. The minimum absolute atomic E-state index is 0.00653. The molecular weight excluding hydrogens is 350 g/mol. The number of aliphatic carboxylic acids is 2. The zero-order valence-electron chi connectivity index (χ0n) is 14.3. The fourth-order valence-corrected chi connectivity index (χ4v) is 4.43. The lowest BCUT2D eigenvalue weighted by Crippen LogP contribution is -2.52. The Bertz CT molecular complexity index is 961. The van der Waals surface area contributed by atoms with Gasteiger partial charge in [0.15, 0.2) is 0 Å². The minimum Gasteiger partial charge on any atom is -0.481 e. The van der Waals surface area contributed by atoms with Crippen LogP contribution in [0.3, 0.4) is 0 Å². The van der Waals surface area contributed by atoms with Gasteiger partial charge in [-0.05, 0) is 35.2 Å². The maximum atomic E-state index is 12.4. The summed E-state index contributed by atoms with van der Waals surface area (Å²) in [5.41, 5.74) is 4.92. The number of amides is 2. The first-order valence-electron chi connectivity index (χ1n) is 8.62. The van der Waals surface area contributed by atoms with Gasteiger partial charge in [-0.2, -0.15) is 0 Å². The second-order valence-corrected chi connectivity index (χ2v) is 7.28. The average Bonchev–Trinajstić information content (AvgIpc) is 3.31. The van der Waals surface area contributed by atoms with Crippen molar-refractivity contribution in [3.63, 3.8) is 0 Å². The largest absolute Gasteiger partial charge is 0.481 e. The summed E-state index contributed by atoms with van der Waals surface area (Å²) in [5, 5.41) is 26.1. The molecule has 5 atom stereocenters. The molecule has 0 heterocycles. The zero-order chi connectivity index (χ0) is 19.3. The van der Waals surface area contributed by atoms with Crippen LogP contribution in [0.1, 0.15) is 6.42 Å². The molecule has 2 aromatic rings. The van der Waals surface area contributed by atoms with Crippen LogP contribution in [0.25, 0.3) is 10.8 Å². The van der Waals surface area contributed by atoms with Crippen LogP contribution < -0.4 is 16.4 Å². The molecule has 0 saturated heterocycles. The topological polar surface area (TPSA) is 142 Å². The standard InChI is InChI=1S/C19H19N3O5/c20-19(17(25)26)8-12(13-14(15(13)19)16(23)24)22-18(27)21-11-6-5-9-3-1-2-4-10(9)7-11/h1-7,12-15H,8,20H2,(H,23,24)(H,25,26)(H2,21,22,27). The zero-order valence-corrected chi connectivity index (χ0v) is 14.3. The molecule has 2 saturated carbocycles. The molecule has 0 spiro atoms. The molecule has 27 heavy (non-hydrogen) atoms. The predicted molar refractivity (Wildman–Crippen MR) is 97.2 cm³/mol. The number of hydrogen-bond donors (Lipinski definition) is 5. The van der Waals surface area contributed by atoms with E-state index in [9.17, 15) is 24.6 Å². The molecule has 2 aliphatic carbocycles. The van der Waals surface area contributed by atoms with E-state index in [1.165, 1.54) is 0 Å². The van der Waals surface area contributed by atoms with Gasteiger partial charge in [0, 0.05) is 17.6 Å². The van der Waals surface area contributed by atoms with Crippen LogP contribution in [-0.2, 0) is 9.59 Å². The number of nitrogens with one attached hydrogen (secondary N) is 2. The molecule has 5 unspecified atom stereocenters. The van der Waals surface area contributed by atoms with E-state index in [-0.39, 0.29) is 6.42 Å². The number of carbonyl (C=O) groups excluding carboxylic acids is 1. The van der Waals surface area contributed by atoms with Crippen LogP contribution in [0.5, 0.6) is 0 Å². The fourth-order valence-electron chi connectivity index (χ4n) is 4.43. The molecule has 0 bridgehead atoms. The van der Waals surface area contributed by atoms with Gasteiger partial charge in [-0.1, -0.05) is 30.3 Å². The number of carboxylic acids is 2. The number of urea groups is 1. The van der Waals surface area contributed by atoms with Gasteiger partial charge in [0.1, 0.15) is 5.54 Å². The summed E-state index contributed by atoms with van der Waals surface area (Å²) < 4.78 is 0. The third-order valence-electron chi connectivity index (χ3n) is 5.70. The van der Waals surface area contributed by atoms with Gasteiger partial charge < -0.3 is 26.6 Å². The Morgan fingerprint density at radius 2 is 1.78 bits per heavy atom. The lowest BCUT2D eigenvalue weighted by atomic mass is 9.90. The summed E-state index contributed by atoms with van der Waals surface area (Å²) >= 11 is 0. The van der Waals surface area contributed by atoms with E-state index in [1.54, 1.807) is 6.07 Å². The van der Waals surface area contributed by atoms with Gasteiger partial charge in [-0.3, -0.25) is 9.59 Å². The van der Waals surface area contributed by atoms with E-state index in [1.807, 2.05) is 36.4 Å². The van der Waals surface area contributed by atoms with E-state index in [0.717, 1.165) is 10.8 Å². The van der Waals surface area contributed by atoms with Crippen LogP contribution in [0.2, 0.25) is 0 Å². The molecule has 0 aliphatic heterocycles. The van der Waals surface area contributed by atoms with Crippen molar-refractivity contribution in [1.29, 1.82) is 0 Å². The SMILES string of the molecule is NC1(C(=O)O)CC(NC(=O)Nc2ccc3ccccc3c2)C2C(C(=O)O)C21. The number of hydrogen-bond acceptors (Lipinski definition) is 4. The van der Waals surface area contributed by atoms with E-state index in [2.05, 4.69) is 10.6 Å². The lowest BCUT2D eigenvalue weighted by molar-refractivity contribution is -0.145. The molecule has 2 aliphatic rings. The van der Waals surface area contributed by atoms with Crippen molar-refractivity contribution in [3.05, 3.63) is 42.5 Å². The number of rotatable bonds is 4. The van der Waals surface area contributed by atoms with Gasteiger partial charge >= 0.3 is 18.0 Å². The van der Waals surface area contributed by atoms with Gasteiger partial charge in [-0.25, -0.2) is 4.79 Å². The first kappa shape index (κ1) is 17.3. The monoisotopic (exact) mass is 369 g/mol. The lowest BCUT2D eigenvalue weighted by Gasteiger charge is -2.25. The summed E-state index contributed by atoms with van der Waals surface area (Å²) in [4.78, 5) is 35.3. The Labute approximate surface area is 154 Å². The highest BCUT2D eigenvalue weighted by molar-refractivity contribution is 5.94. The molecular formula is C19H19N3O5. The van der Waals surface area contributed by atoms with Crippen molar-refractivity contribution in [2.24, 2.45) is 23.5 Å². The quantitative estimate of drug-likeness (QED) is 0.552. The predicted octanol–water partition coefficient (Wildman–Crippen LogP) is 1.46. The van der Waals surface area contributed by atoms with Crippen molar-refractivity contribution < 1.29 is 24.6 Å². The Hall–Kier alpha value is -3.13. The minimum atomic E-state index is -1.63. The van der Waals surface area contributed by atoms with Crippen molar-refractivity contribution >= 4 is 34.4 Å². The molecule has 8 nitrogen and oxygen atoms in total. The molecule has 2 aromatic carbocycles. The first-order chi connectivity index (χ1) is 12.8. The molecule has 6 N–H and O–H groups in total.